The largest absolute Gasteiger partial charge is 0.465 e. The predicted molar refractivity (Wildman–Crippen MR) is 124 cm³/mol. The summed E-state index contributed by atoms with van der Waals surface area (Å²) < 4.78 is 14.8. The fourth-order valence-corrected chi connectivity index (χ4v) is 3.91. The Morgan fingerprint density at radius 3 is 2.30 bits per heavy atom. The molecule has 33 heavy (non-hydrogen) atoms. The molecule has 0 aliphatic carbocycles. The Labute approximate surface area is 197 Å². The van der Waals surface area contributed by atoms with Gasteiger partial charge in [0.15, 0.2) is 0 Å². The van der Waals surface area contributed by atoms with Crippen LogP contribution in [-0.2, 0) is 23.8 Å². The lowest BCUT2D eigenvalue weighted by molar-refractivity contribution is -0.139. The number of rotatable bonds is 5. The molecule has 0 N–H and O–H groups in total. The summed E-state index contributed by atoms with van der Waals surface area (Å²) in [5.41, 5.74) is 1.44. The van der Waals surface area contributed by atoms with Crippen LogP contribution < -0.4 is 9.80 Å². The first-order valence-electron chi connectivity index (χ1n) is 10.4. The van der Waals surface area contributed by atoms with E-state index in [1.54, 1.807) is 42.3 Å². The highest BCUT2D eigenvalue weighted by atomic mass is 35.5. The molecular weight excluding hydrogens is 450 g/mol. The summed E-state index contributed by atoms with van der Waals surface area (Å²) in [6, 6.07) is 5.35. The van der Waals surface area contributed by atoms with Gasteiger partial charge in [0, 0.05) is 38.1 Å². The third kappa shape index (κ3) is 5.31. The topological polar surface area (TPSA) is 88.6 Å². The molecule has 0 aromatic heterocycles. The van der Waals surface area contributed by atoms with Gasteiger partial charge in [-0.15, -0.1) is 0 Å². The van der Waals surface area contributed by atoms with Crippen molar-refractivity contribution in [3.05, 3.63) is 58.9 Å². The molecule has 10 heteroatoms. The Morgan fingerprint density at radius 1 is 1.00 bits per heavy atom. The summed E-state index contributed by atoms with van der Waals surface area (Å²) >= 11 is 6.62. The third-order valence-electron chi connectivity index (χ3n) is 5.25. The number of piperazine rings is 1. The summed E-state index contributed by atoms with van der Waals surface area (Å²) in [5.74, 6) is -1.36. The number of nitrogens with zero attached hydrogens (tertiary/aromatic N) is 3. The highest BCUT2D eigenvalue weighted by Gasteiger charge is 2.28. The summed E-state index contributed by atoms with van der Waals surface area (Å²) in [7, 11) is 2.49. The first-order chi connectivity index (χ1) is 15.9. The van der Waals surface area contributed by atoms with Gasteiger partial charge in [0.2, 0.25) is 0 Å². The Balaban J connectivity index is 1.87. The second-order valence-corrected chi connectivity index (χ2v) is 7.53. The van der Waals surface area contributed by atoms with E-state index >= 15 is 0 Å². The number of allylic oxidation sites excluding steroid dienone is 2. The standard InChI is InChI=1S/C23H26ClN3O6/c1-4-33-23(30)26-13-11-25(12-14-26)19-9-8-16(15-18(19)24)27-10-6-5-7-17(21(28)31-2)20(27)22(29)32-3/h5-10,15H,4,11-14H2,1-3H3. The quantitative estimate of drug-likeness (QED) is 0.474. The Hall–Kier alpha value is -3.46. The van der Waals surface area contributed by atoms with E-state index in [0.29, 0.717) is 43.5 Å². The van der Waals surface area contributed by atoms with Crippen LogP contribution in [0.25, 0.3) is 0 Å². The Morgan fingerprint density at radius 2 is 1.70 bits per heavy atom. The van der Waals surface area contributed by atoms with Gasteiger partial charge in [0.25, 0.3) is 0 Å². The van der Waals surface area contributed by atoms with Crippen LogP contribution in [-0.4, -0.2) is 69.9 Å². The SMILES string of the molecule is CCOC(=O)N1CCN(c2ccc(N3C=CC=CC(C(=O)OC)=C3C(=O)OC)cc2Cl)CC1. The summed E-state index contributed by atoms with van der Waals surface area (Å²) in [4.78, 5) is 42.1. The molecule has 0 bridgehead atoms. The van der Waals surface area contributed by atoms with Gasteiger partial charge in [-0.2, -0.15) is 0 Å². The number of hydrogen-bond donors (Lipinski definition) is 0. The zero-order valence-electron chi connectivity index (χ0n) is 18.7. The van der Waals surface area contributed by atoms with Gasteiger partial charge in [-0.25, -0.2) is 14.4 Å². The number of methoxy groups -OCH3 is 2. The number of benzene rings is 1. The van der Waals surface area contributed by atoms with Crippen molar-refractivity contribution in [2.24, 2.45) is 0 Å². The highest BCUT2D eigenvalue weighted by molar-refractivity contribution is 6.33. The molecule has 2 aliphatic heterocycles. The average molecular weight is 476 g/mol. The van der Waals surface area contributed by atoms with Crippen LogP contribution in [0.1, 0.15) is 6.92 Å². The van der Waals surface area contributed by atoms with Gasteiger partial charge in [-0.1, -0.05) is 17.7 Å². The van der Waals surface area contributed by atoms with Crippen LogP contribution >= 0.6 is 11.6 Å². The molecule has 2 aliphatic rings. The number of anilines is 2. The minimum absolute atomic E-state index is 0.0150. The molecule has 1 saturated heterocycles. The molecule has 0 atom stereocenters. The molecule has 0 spiro atoms. The predicted octanol–water partition coefficient (Wildman–Crippen LogP) is 3.11. The van der Waals surface area contributed by atoms with Crippen LogP contribution in [0.5, 0.6) is 0 Å². The lowest BCUT2D eigenvalue weighted by atomic mass is 10.1. The average Bonchev–Trinajstić information content (AvgIpc) is 3.06. The molecule has 0 radical (unpaired) electrons. The van der Waals surface area contributed by atoms with Crippen molar-refractivity contribution in [1.29, 1.82) is 0 Å². The second-order valence-electron chi connectivity index (χ2n) is 7.12. The minimum atomic E-state index is -0.693. The van der Waals surface area contributed by atoms with Crippen LogP contribution in [0.4, 0.5) is 16.2 Å². The number of carbonyl (C=O) groups is 3. The number of esters is 2. The van der Waals surface area contributed by atoms with Crippen molar-refractivity contribution in [3.63, 3.8) is 0 Å². The lowest BCUT2D eigenvalue weighted by Crippen LogP contribution is -2.49. The van der Waals surface area contributed by atoms with Gasteiger partial charge < -0.3 is 28.9 Å². The van der Waals surface area contributed by atoms with Crippen molar-refractivity contribution in [2.45, 2.75) is 6.92 Å². The lowest BCUT2D eigenvalue weighted by Gasteiger charge is -2.36. The number of ether oxygens (including phenoxy) is 3. The number of carbonyl (C=O) groups excluding carboxylic acids is 3. The molecule has 0 saturated carbocycles. The Bertz CT molecular complexity index is 1010. The zero-order valence-corrected chi connectivity index (χ0v) is 19.5. The van der Waals surface area contributed by atoms with Gasteiger partial charge >= 0.3 is 18.0 Å². The van der Waals surface area contributed by atoms with E-state index in [4.69, 9.17) is 25.8 Å². The maximum atomic E-state index is 12.6. The molecule has 9 nitrogen and oxygen atoms in total. The maximum Gasteiger partial charge on any atom is 0.409 e. The van der Waals surface area contributed by atoms with E-state index in [0.717, 1.165) is 5.69 Å². The van der Waals surface area contributed by atoms with E-state index in [2.05, 4.69) is 4.90 Å². The van der Waals surface area contributed by atoms with Crippen LogP contribution in [0, 0.1) is 0 Å². The normalized spacial score (nSPS) is 15.9. The smallest absolute Gasteiger partial charge is 0.409 e. The third-order valence-corrected chi connectivity index (χ3v) is 5.55. The van der Waals surface area contributed by atoms with Gasteiger partial charge in [-0.3, -0.25) is 0 Å². The molecule has 1 aromatic carbocycles. The van der Waals surface area contributed by atoms with Gasteiger partial charge in [0.1, 0.15) is 5.70 Å². The summed E-state index contributed by atoms with van der Waals surface area (Å²) in [6.45, 7) is 4.37. The zero-order chi connectivity index (χ0) is 24.0. The number of hydrogen-bond acceptors (Lipinski definition) is 8. The summed E-state index contributed by atoms with van der Waals surface area (Å²) in [6.07, 6.45) is 6.14. The van der Waals surface area contributed by atoms with E-state index in [-0.39, 0.29) is 17.4 Å². The van der Waals surface area contributed by atoms with Crippen LogP contribution in [0.3, 0.4) is 0 Å². The molecular formula is C23H26ClN3O6. The molecule has 2 heterocycles. The fourth-order valence-electron chi connectivity index (χ4n) is 3.61. The van der Waals surface area contributed by atoms with Gasteiger partial charge in [0.05, 0.1) is 37.1 Å². The van der Waals surface area contributed by atoms with Crippen molar-refractivity contribution in [1.82, 2.24) is 4.90 Å². The van der Waals surface area contributed by atoms with E-state index in [1.807, 2.05) is 6.07 Å². The monoisotopic (exact) mass is 475 g/mol. The molecule has 3 rings (SSSR count). The minimum Gasteiger partial charge on any atom is -0.465 e. The van der Waals surface area contributed by atoms with Crippen molar-refractivity contribution in [2.75, 3.05) is 56.8 Å². The van der Waals surface area contributed by atoms with Gasteiger partial charge in [-0.05, 0) is 37.3 Å². The van der Waals surface area contributed by atoms with Crippen molar-refractivity contribution < 1.29 is 28.6 Å². The van der Waals surface area contributed by atoms with E-state index in [9.17, 15) is 14.4 Å². The first-order valence-corrected chi connectivity index (χ1v) is 10.8. The van der Waals surface area contributed by atoms with E-state index < -0.39 is 11.9 Å². The summed E-state index contributed by atoms with van der Waals surface area (Å²) in [5, 5.41) is 0.464. The maximum absolute atomic E-state index is 12.6. The molecule has 1 aromatic rings. The molecule has 176 valence electrons. The van der Waals surface area contributed by atoms with Crippen molar-refractivity contribution in [3.8, 4) is 0 Å². The van der Waals surface area contributed by atoms with Crippen molar-refractivity contribution >= 4 is 41.0 Å². The molecule has 0 unspecified atom stereocenters. The molecule has 1 amide bonds. The Kier molecular flexibility index (Phi) is 8.00. The first kappa shape index (κ1) is 24.2. The van der Waals surface area contributed by atoms with Crippen LogP contribution in [0.2, 0.25) is 5.02 Å². The fraction of sp³-hybridized carbons (Fsp3) is 0.348. The molecule has 1 fully saturated rings. The second kappa shape index (κ2) is 10.9. The number of amides is 1. The van der Waals surface area contributed by atoms with E-state index in [1.165, 1.54) is 25.2 Å². The highest BCUT2D eigenvalue weighted by Crippen LogP contribution is 2.34. The van der Waals surface area contributed by atoms with Crippen LogP contribution in [0.15, 0.2) is 53.9 Å². The number of halogens is 1.